The zero-order chi connectivity index (χ0) is 17.9. The topological polar surface area (TPSA) is 99.1 Å². The number of methoxy groups -OCH3 is 1. The Hall–Kier alpha value is -2.58. The average molecular weight is 344 g/mol. The normalized spacial score (nSPS) is 17.4. The fourth-order valence-corrected chi connectivity index (χ4v) is 2.43. The molecule has 0 saturated carbocycles. The Balaban J connectivity index is 2.05. The van der Waals surface area contributed by atoms with Crippen molar-refractivity contribution in [3.8, 4) is 11.5 Å². The summed E-state index contributed by atoms with van der Waals surface area (Å²) in [6.07, 6.45) is -0.519. The maximum absolute atomic E-state index is 13.1. The van der Waals surface area contributed by atoms with Crippen LogP contribution in [0.4, 0.5) is 13.6 Å². The molecule has 1 aromatic carbocycles. The number of alkyl halides is 2. The van der Waals surface area contributed by atoms with Crippen LogP contribution in [0.2, 0.25) is 0 Å². The van der Waals surface area contributed by atoms with Gasteiger partial charge in [-0.3, -0.25) is 0 Å². The summed E-state index contributed by atoms with van der Waals surface area (Å²) in [4.78, 5) is 24.2. The number of ether oxygens (including phenoxy) is 1. The molecule has 132 valence electrons. The fraction of sp³-hybridized carbons (Fsp3) is 0.467. The highest BCUT2D eigenvalue weighted by Crippen LogP contribution is 2.28. The number of halogens is 2. The van der Waals surface area contributed by atoms with Crippen LogP contribution in [-0.2, 0) is 11.2 Å². The molecular formula is C15H18F2N2O5. The molecule has 0 aliphatic carbocycles. The van der Waals surface area contributed by atoms with Gasteiger partial charge in [0.2, 0.25) is 0 Å². The number of nitrogens with zero attached hydrogens (tertiary/aromatic N) is 1. The van der Waals surface area contributed by atoms with Gasteiger partial charge in [-0.1, -0.05) is 6.07 Å². The van der Waals surface area contributed by atoms with Crippen molar-refractivity contribution in [3.63, 3.8) is 0 Å². The second kappa shape index (κ2) is 6.90. The Labute approximate surface area is 136 Å². The highest BCUT2D eigenvalue weighted by atomic mass is 19.3. The molecule has 1 atom stereocenters. The number of phenolic OH excluding ortho intramolecular Hbond substituents is 1. The molecule has 2 rings (SSSR count). The maximum Gasteiger partial charge on any atom is 0.326 e. The van der Waals surface area contributed by atoms with E-state index in [4.69, 9.17) is 4.74 Å². The summed E-state index contributed by atoms with van der Waals surface area (Å²) in [6.45, 7) is -0.851. The van der Waals surface area contributed by atoms with E-state index in [2.05, 4.69) is 5.32 Å². The van der Waals surface area contributed by atoms with Gasteiger partial charge in [-0.25, -0.2) is 18.4 Å². The van der Waals surface area contributed by atoms with Crippen LogP contribution in [0.25, 0.3) is 0 Å². The standard InChI is InChI=1S/C15H18F2N2O5/c1-24-12-7-9(2-3-11(12)20)6-10(13(21)22)18-14(23)19-5-4-15(16,17)8-19/h2-3,7,10,20H,4-6,8H2,1H3,(H,18,23)(H,21,22). The van der Waals surface area contributed by atoms with Gasteiger partial charge in [-0.05, 0) is 17.7 Å². The van der Waals surface area contributed by atoms with E-state index in [9.17, 15) is 28.6 Å². The van der Waals surface area contributed by atoms with Gasteiger partial charge in [-0.15, -0.1) is 0 Å². The number of aromatic hydroxyl groups is 1. The second-order valence-electron chi connectivity index (χ2n) is 5.58. The van der Waals surface area contributed by atoms with Crippen molar-refractivity contribution in [2.24, 2.45) is 0 Å². The first-order valence-electron chi connectivity index (χ1n) is 7.24. The molecule has 1 unspecified atom stereocenters. The van der Waals surface area contributed by atoms with Gasteiger partial charge in [0.25, 0.3) is 5.92 Å². The largest absolute Gasteiger partial charge is 0.504 e. The first-order valence-corrected chi connectivity index (χ1v) is 7.24. The number of phenols is 1. The molecule has 1 aromatic rings. The Morgan fingerprint density at radius 3 is 2.71 bits per heavy atom. The van der Waals surface area contributed by atoms with Crippen LogP contribution < -0.4 is 10.1 Å². The Morgan fingerprint density at radius 2 is 2.17 bits per heavy atom. The van der Waals surface area contributed by atoms with Crippen molar-refractivity contribution in [2.45, 2.75) is 24.8 Å². The van der Waals surface area contributed by atoms with Crippen LogP contribution in [0.3, 0.4) is 0 Å². The number of nitrogens with one attached hydrogen (secondary N) is 1. The maximum atomic E-state index is 13.1. The smallest absolute Gasteiger partial charge is 0.326 e. The summed E-state index contributed by atoms with van der Waals surface area (Å²) >= 11 is 0. The molecular weight excluding hydrogens is 326 g/mol. The zero-order valence-corrected chi connectivity index (χ0v) is 13.0. The molecule has 0 bridgehead atoms. The lowest BCUT2D eigenvalue weighted by Gasteiger charge is -2.21. The van der Waals surface area contributed by atoms with E-state index in [-0.39, 0.29) is 24.5 Å². The number of carbonyl (C=O) groups excluding carboxylic acids is 1. The number of urea groups is 1. The third kappa shape index (κ3) is 4.24. The second-order valence-corrected chi connectivity index (χ2v) is 5.58. The first kappa shape index (κ1) is 17.8. The summed E-state index contributed by atoms with van der Waals surface area (Å²) in [5, 5.41) is 21.0. The molecule has 24 heavy (non-hydrogen) atoms. The number of rotatable bonds is 5. The SMILES string of the molecule is COc1cc(CC(NC(=O)N2CCC(F)(F)C2)C(=O)O)ccc1O. The number of carboxylic acids is 1. The van der Waals surface area contributed by atoms with Crippen LogP contribution in [0.5, 0.6) is 11.5 Å². The van der Waals surface area contributed by atoms with E-state index >= 15 is 0 Å². The van der Waals surface area contributed by atoms with E-state index < -0.39 is 36.9 Å². The fourth-order valence-electron chi connectivity index (χ4n) is 2.43. The molecule has 7 nitrogen and oxygen atoms in total. The molecule has 1 aliphatic rings. The number of hydrogen-bond donors (Lipinski definition) is 3. The molecule has 1 heterocycles. The lowest BCUT2D eigenvalue weighted by molar-refractivity contribution is -0.139. The number of likely N-dealkylation sites (tertiary alicyclic amines) is 1. The summed E-state index contributed by atoms with van der Waals surface area (Å²) < 4.78 is 31.2. The van der Waals surface area contributed by atoms with E-state index in [1.54, 1.807) is 0 Å². The molecule has 0 spiro atoms. The lowest BCUT2D eigenvalue weighted by Crippen LogP contribution is -2.48. The Bertz CT molecular complexity index is 638. The van der Waals surface area contributed by atoms with Crippen molar-refractivity contribution in [3.05, 3.63) is 23.8 Å². The highest BCUT2D eigenvalue weighted by molar-refractivity contribution is 5.83. The first-order chi connectivity index (χ1) is 11.2. The van der Waals surface area contributed by atoms with E-state index in [1.165, 1.54) is 25.3 Å². The van der Waals surface area contributed by atoms with E-state index in [0.29, 0.717) is 5.56 Å². The predicted octanol–water partition coefficient (Wildman–Crippen LogP) is 1.45. The number of benzene rings is 1. The van der Waals surface area contributed by atoms with Crippen LogP contribution in [0, 0.1) is 0 Å². The number of aliphatic carboxylic acids is 1. The summed E-state index contributed by atoms with van der Waals surface area (Å²) in [5.74, 6) is -4.17. The van der Waals surface area contributed by atoms with Gasteiger partial charge in [0.1, 0.15) is 6.04 Å². The van der Waals surface area contributed by atoms with Crippen molar-refractivity contribution in [1.29, 1.82) is 0 Å². The zero-order valence-electron chi connectivity index (χ0n) is 13.0. The van der Waals surface area contributed by atoms with Gasteiger partial charge in [0.15, 0.2) is 11.5 Å². The molecule has 9 heteroatoms. The van der Waals surface area contributed by atoms with Crippen LogP contribution in [0.15, 0.2) is 18.2 Å². The monoisotopic (exact) mass is 344 g/mol. The molecule has 1 fully saturated rings. The quantitative estimate of drug-likeness (QED) is 0.751. The van der Waals surface area contributed by atoms with Crippen LogP contribution in [-0.4, -0.2) is 59.3 Å². The number of amides is 2. The van der Waals surface area contributed by atoms with Crippen molar-refractivity contribution < 1.29 is 33.3 Å². The minimum atomic E-state index is -2.94. The van der Waals surface area contributed by atoms with Crippen LogP contribution in [0.1, 0.15) is 12.0 Å². The summed E-state index contributed by atoms with van der Waals surface area (Å²) in [5.41, 5.74) is 0.504. The van der Waals surface area contributed by atoms with Gasteiger partial charge in [0.05, 0.1) is 13.7 Å². The summed E-state index contributed by atoms with van der Waals surface area (Å²) in [6, 6.07) is 2.15. The average Bonchev–Trinajstić information content (AvgIpc) is 2.88. The molecule has 2 amide bonds. The third-order valence-electron chi connectivity index (χ3n) is 3.74. The minimum absolute atomic E-state index is 0.0814. The van der Waals surface area contributed by atoms with Crippen molar-refractivity contribution in [2.75, 3.05) is 20.2 Å². The summed E-state index contributed by atoms with van der Waals surface area (Å²) in [7, 11) is 1.35. The van der Waals surface area contributed by atoms with Gasteiger partial charge in [-0.2, -0.15) is 0 Å². The number of carboxylic acid groups (broad SMARTS) is 1. The van der Waals surface area contributed by atoms with E-state index in [0.717, 1.165) is 4.90 Å². The molecule has 1 saturated heterocycles. The Kier molecular flexibility index (Phi) is 5.10. The molecule has 0 aromatic heterocycles. The lowest BCUT2D eigenvalue weighted by atomic mass is 10.1. The van der Waals surface area contributed by atoms with Crippen molar-refractivity contribution in [1.82, 2.24) is 10.2 Å². The molecule has 1 aliphatic heterocycles. The van der Waals surface area contributed by atoms with Gasteiger partial charge < -0.3 is 25.2 Å². The predicted molar refractivity (Wildman–Crippen MR) is 79.5 cm³/mol. The van der Waals surface area contributed by atoms with Crippen LogP contribution >= 0.6 is 0 Å². The van der Waals surface area contributed by atoms with E-state index in [1.807, 2.05) is 0 Å². The number of carbonyl (C=O) groups is 2. The minimum Gasteiger partial charge on any atom is -0.504 e. The van der Waals surface area contributed by atoms with Crippen molar-refractivity contribution >= 4 is 12.0 Å². The highest BCUT2D eigenvalue weighted by Gasteiger charge is 2.41. The number of hydrogen-bond acceptors (Lipinski definition) is 4. The third-order valence-corrected chi connectivity index (χ3v) is 3.74. The van der Waals surface area contributed by atoms with Gasteiger partial charge >= 0.3 is 12.0 Å². The Morgan fingerprint density at radius 1 is 1.46 bits per heavy atom. The molecule has 3 N–H and O–H groups in total. The molecule has 0 radical (unpaired) electrons. The van der Waals surface area contributed by atoms with Gasteiger partial charge in [0, 0.05) is 19.4 Å².